The van der Waals surface area contributed by atoms with E-state index in [1.807, 2.05) is 38.1 Å². The molecule has 1 amide bonds. The third-order valence-corrected chi connectivity index (χ3v) is 4.46. The summed E-state index contributed by atoms with van der Waals surface area (Å²) in [5, 5.41) is 9.49. The lowest BCUT2D eigenvalue weighted by molar-refractivity contribution is 0.146. The molecule has 0 aliphatic heterocycles. The van der Waals surface area contributed by atoms with Gasteiger partial charge < -0.3 is 25.4 Å². The molecule has 0 radical (unpaired) electrons. The number of amides is 1. The monoisotopic (exact) mass is 504 g/mol. The van der Waals surface area contributed by atoms with Gasteiger partial charge in [-0.3, -0.25) is 4.99 Å². The third kappa shape index (κ3) is 8.53. The van der Waals surface area contributed by atoms with Gasteiger partial charge in [0.05, 0.1) is 19.2 Å². The van der Waals surface area contributed by atoms with Crippen molar-refractivity contribution in [2.45, 2.75) is 45.8 Å². The zero-order valence-electron chi connectivity index (χ0n) is 17.2. The number of hydrogen-bond acceptors (Lipinski definition) is 4. The molecule has 1 fully saturated rings. The summed E-state index contributed by atoms with van der Waals surface area (Å²) in [5.41, 5.74) is 1.11. The second kappa shape index (κ2) is 12.7. The quantitative estimate of drug-likeness (QED) is 0.274. The Labute approximate surface area is 185 Å². The number of halogens is 1. The molecule has 158 valence electrons. The van der Waals surface area contributed by atoms with Gasteiger partial charge in [0.15, 0.2) is 5.96 Å². The van der Waals surface area contributed by atoms with Crippen LogP contribution in [0.25, 0.3) is 0 Å². The number of rotatable bonds is 9. The molecule has 2 unspecified atom stereocenters. The van der Waals surface area contributed by atoms with Crippen molar-refractivity contribution in [1.29, 1.82) is 0 Å². The molecule has 0 saturated heterocycles. The van der Waals surface area contributed by atoms with Crippen molar-refractivity contribution in [1.82, 2.24) is 16.0 Å². The zero-order chi connectivity index (χ0) is 19.6. The van der Waals surface area contributed by atoms with Gasteiger partial charge in [0.25, 0.3) is 0 Å². The van der Waals surface area contributed by atoms with Gasteiger partial charge in [-0.05, 0) is 51.2 Å². The molecule has 3 N–H and O–H groups in total. The topological polar surface area (TPSA) is 84.0 Å². The van der Waals surface area contributed by atoms with E-state index in [4.69, 9.17) is 9.47 Å². The molecule has 28 heavy (non-hydrogen) atoms. The Morgan fingerprint density at radius 2 is 1.93 bits per heavy atom. The van der Waals surface area contributed by atoms with Crippen molar-refractivity contribution in [3.63, 3.8) is 0 Å². The van der Waals surface area contributed by atoms with E-state index >= 15 is 0 Å². The van der Waals surface area contributed by atoms with Crippen LogP contribution in [0.2, 0.25) is 0 Å². The molecule has 1 aliphatic rings. The fourth-order valence-corrected chi connectivity index (χ4v) is 2.77. The molecule has 1 saturated carbocycles. The largest absolute Gasteiger partial charge is 0.489 e. The molecule has 7 nitrogen and oxygen atoms in total. The van der Waals surface area contributed by atoms with E-state index in [0.29, 0.717) is 31.6 Å². The molecule has 0 aromatic heterocycles. The number of carbonyl (C=O) groups is 1. The Kier molecular flexibility index (Phi) is 11.0. The number of nitrogens with zero attached hydrogens (tertiary/aromatic N) is 1. The molecule has 0 bridgehead atoms. The number of alkyl carbamates (subject to hydrolysis) is 1. The maximum Gasteiger partial charge on any atom is 0.407 e. The van der Waals surface area contributed by atoms with E-state index in [1.165, 1.54) is 0 Å². The van der Waals surface area contributed by atoms with Gasteiger partial charge in [-0.25, -0.2) is 4.79 Å². The molecule has 1 aromatic carbocycles. The van der Waals surface area contributed by atoms with Crippen LogP contribution in [0.4, 0.5) is 4.79 Å². The van der Waals surface area contributed by atoms with E-state index in [2.05, 4.69) is 20.9 Å². The van der Waals surface area contributed by atoms with Crippen LogP contribution in [0, 0.1) is 12.8 Å². The summed E-state index contributed by atoms with van der Waals surface area (Å²) in [6, 6.07) is 8.02. The van der Waals surface area contributed by atoms with Gasteiger partial charge in [0, 0.05) is 13.6 Å². The van der Waals surface area contributed by atoms with Gasteiger partial charge in [0.1, 0.15) is 11.9 Å². The van der Waals surface area contributed by atoms with Crippen LogP contribution in [0.3, 0.4) is 0 Å². The molecule has 2 atom stereocenters. The third-order valence-electron chi connectivity index (χ3n) is 4.46. The van der Waals surface area contributed by atoms with Crippen LogP contribution >= 0.6 is 24.0 Å². The zero-order valence-corrected chi connectivity index (χ0v) is 19.5. The first kappa shape index (κ1) is 24.3. The lowest BCUT2D eigenvalue weighted by atomic mass is 10.2. The summed E-state index contributed by atoms with van der Waals surface area (Å²) in [7, 11) is 1.73. The smallest absolute Gasteiger partial charge is 0.407 e. The van der Waals surface area contributed by atoms with Crippen LogP contribution in [-0.2, 0) is 4.74 Å². The van der Waals surface area contributed by atoms with Crippen molar-refractivity contribution in [2.24, 2.45) is 10.9 Å². The number of ether oxygens (including phenoxy) is 2. The first-order valence-electron chi connectivity index (χ1n) is 9.63. The maximum absolute atomic E-state index is 11.7. The lowest BCUT2D eigenvalue weighted by Crippen LogP contribution is -2.49. The highest BCUT2D eigenvalue weighted by Gasteiger charge is 2.32. The van der Waals surface area contributed by atoms with Crippen LogP contribution in [-0.4, -0.2) is 50.9 Å². The van der Waals surface area contributed by atoms with Crippen LogP contribution in [0.1, 0.15) is 32.3 Å². The Morgan fingerprint density at radius 1 is 1.25 bits per heavy atom. The molecule has 1 aromatic rings. The second-order valence-electron chi connectivity index (χ2n) is 6.84. The lowest BCUT2D eigenvalue weighted by Gasteiger charge is -2.22. The Hall–Kier alpha value is -1.71. The van der Waals surface area contributed by atoms with E-state index in [9.17, 15) is 4.79 Å². The highest BCUT2D eigenvalue weighted by molar-refractivity contribution is 14.0. The van der Waals surface area contributed by atoms with E-state index in [1.54, 1.807) is 14.0 Å². The average Bonchev–Trinajstić information content (AvgIpc) is 3.48. The summed E-state index contributed by atoms with van der Waals surface area (Å²) in [6.45, 7) is 7.45. The molecular weight excluding hydrogens is 471 g/mol. The van der Waals surface area contributed by atoms with Crippen LogP contribution < -0.4 is 20.7 Å². The van der Waals surface area contributed by atoms with E-state index in [0.717, 1.165) is 24.2 Å². The number of benzene rings is 1. The van der Waals surface area contributed by atoms with Gasteiger partial charge in [-0.15, -0.1) is 24.0 Å². The summed E-state index contributed by atoms with van der Waals surface area (Å²) < 4.78 is 11.0. The molecule has 0 heterocycles. The Bertz CT molecular complexity index is 638. The number of nitrogens with one attached hydrogen (secondary N) is 3. The van der Waals surface area contributed by atoms with Crippen LogP contribution in [0.5, 0.6) is 5.75 Å². The molecule has 2 rings (SSSR count). The first-order valence-corrected chi connectivity index (χ1v) is 9.63. The normalized spacial score (nSPS) is 15.6. The fraction of sp³-hybridized carbons (Fsp3) is 0.600. The van der Waals surface area contributed by atoms with Crippen molar-refractivity contribution in [3.8, 4) is 5.75 Å². The standard InChI is InChI=1S/C20H32N4O3.HI/c1-5-26-20(25)24-17(16-10-11-16)13-23-19(21-4)22-12-15(3)27-18-9-7-6-8-14(18)2;/h6-9,15-17H,5,10-13H2,1-4H3,(H,24,25)(H2,21,22,23);1H. The van der Waals surface area contributed by atoms with E-state index < -0.39 is 0 Å². The predicted molar refractivity (Wildman–Crippen MR) is 123 cm³/mol. The summed E-state index contributed by atoms with van der Waals surface area (Å²) in [5.74, 6) is 2.08. The minimum atomic E-state index is -0.362. The molecular formula is C20H33IN4O3. The SMILES string of the molecule is CCOC(=O)NC(CNC(=NC)NCC(C)Oc1ccccc1C)C1CC1.I. The van der Waals surface area contributed by atoms with Crippen molar-refractivity contribution in [2.75, 3.05) is 26.7 Å². The molecule has 1 aliphatic carbocycles. The fourth-order valence-electron chi connectivity index (χ4n) is 2.77. The Balaban J connectivity index is 0.00000392. The summed E-state index contributed by atoms with van der Waals surface area (Å²) in [6.07, 6.45) is 1.89. The first-order chi connectivity index (χ1) is 13.0. The van der Waals surface area contributed by atoms with E-state index in [-0.39, 0.29) is 42.2 Å². The summed E-state index contributed by atoms with van der Waals surface area (Å²) >= 11 is 0. The van der Waals surface area contributed by atoms with Crippen LogP contribution in [0.15, 0.2) is 29.3 Å². The number of aryl methyl sites for hydroxylation is 1. The number of aliphatic imine (C=N–C) groups is 1. The highest BCUT2D eigenvalue weighted by atomic mass is 127. The van der Waals surface area contributed by atoms with Gasteiger partial charge >= 0.3 is 6.09 Å². The van der Waals surface area contributed by atoms with Gasteiger partial charge in [0.2, 0.25) is 0 Å². The number of guanidine groups is 1. The Morgan fingerprint density at radius 3 is 2.54 bits per heavy atom. The van der Waals surface area contributed by atoms with Crippen molar-refractivity contribution in [3.05, 3.63) is 29.8 Å². The number of para-hydroxylation sites is 1. The highest BCUT2D eigenvalue weighted by Crippen LogP contribution is 2.32. The molecule has 8 heteroatoms. The number of hydrogen-bond donors (Lipinski definition) is 3. The average molecular weight is 504 g/mol. The maximum atomic E-state index is 11.7. The minimum Gasteiger partial charge on any atom is -0.489 e. The second-order valence-corrected chi connectivity index (χ2v) is 6.84. The minimum absolute atomic E-state index is 0. The predicted octanol–water partition coefficient (Wildman–Crippen LogP) is 3.07. The van der Waals surface area contributed by atoms with Crippen molar-refractivity contribution >= 4 is 36.0 Å². The van der Waals surface area contributed by atoms with Gasteiger partial charge in [-0.1, -0.05) is 18.2 Å². The van der Waals surface area contributed by atoms with Gasteiger partial charge in [-0.2, -0.15) is 0 Å². The number of carbonyl (C=O) groups excluding carboxylic acids is 1. The summed E-state index contributed by atoms with van der Waals surface area (Å²) in [4.78, 5) is 15.9. The molecule has 0 spiro atoms. The van der Waals surface area contributed by atoms with Crippen molar-refractivity contribution < 1.29 is 14.3 Å².